The van der Waals surface area contributed by atoms with E-state index >= 15 is 8.78 Å². The van der Waals surface area contributed by atoms with Gasteiger partial charge in [0.05, 0.1) is 11.9 Å². The van der Waals surface area contributed by atoms with Crippen molar-refractivity contribution >= 4 is 27.2 Å². The van der Waals surface area contributed by atoms with E-state index < -0.39 is 17.4 Å². The van der Waals surface area contributed by atoms with Gasteiger partial charge in [0, 0.05) is 16.1 Å². The molecule has 134 valence electrons. The largest absolute Gasteiger partial charge is 0.350 e. The van der Waals surface area contributed by atoms with Crippen LogP contribution < -0.4 is 0 Å². The monoisotopic (exact) mass is 420 g/mol. The number of halogens is 3. The number of imidazole rings is 1. The Bertz CT molecular complexity index is 1130. The molecule has 6 nitrogen and oxygen atoms in total. The summed E-state index contributed by atoms with van der Waals surface area (Å²) in [5.74, 6) is -3.91. The third-order valence-corrected chi connectivity index (χ3v) is 4.53. The van der Waals surface area contributed by atoms with E-state index in [4.69, 9.17) is 0 Å². The van der Waals surface area contributed by atoms with E-state index in [1.165, 1.54) is 27.2 Å². The van der Waals surface area contributed by atoms with Crippen molar-refractivity contribution in [2.24, 2.45) is 0 Å². The first-order chi connectivity index (χ1) is 12.2. The molecule has 0 spiro atoms. The summed E-state index contributed by atoms with van der Waals surface area (Å²) in [6, 6.07) is 6.13. The lowest BCUT2D eigenvalue weighted by molar-refractivity contribution is 0.0258. The van der Waals surface area contributed by atoms with Crippen LogP contribution in [0.15, 0.2) is 41.1 Å². The highest BCUT2D eigenvalue weighted by molar-refractivity contribution is 9.10. The number of aromatic nitrogens is 6. The van der Waals surface area contributed by atoms with Crippen LogP contribution in [-0.2, 0) is 11.3 Å². The summed E-state index contributed by atoms with van der Waals surface area (Å²) in [5.41, 5.74) is 1.01. The maximum Gasteiger partial charge on any atom is 0.350 e. The van der Waals surface area contributed by atoms with Gasteiger partial charge < -0.3 is 0 Å². The van der Waals surface area contributed by atoms with E-state index in [-0.39, 0.29) is 5.41 Å². The highest BCUT2D eigenvalue weighted by atomic mass is 79.9. The van der Waals surface area contributed by atoms with Gasteiger partial charge in [-0.15, -0.1) is 10.2 Å². The molecule has 0 atom stereocenters. The van der Waals surface area contributed by atoms with Gasteiger partial charge in [-0.2, -0.15) is 13.9 Å². The van der Waals surface area contributed by atoms with Gasteiger partial charge in [0.1, 0.15) is 5.69 Å². The molecule has 0 aliphatic heterocycles. The maximum absolute atomic E-state index is 15.1. The van der Waals surface area contributed by atoms with Gasteiger partial charge in [0.2, 0.25) is 5.82 Å². The molecule has 4 rings (SSSR count). The molecule has 0 fully saturated rings. The zero-order valence-electron chi connectivity index (χ0n) is 14.3. The molecule has 0 saturated carbocycles. The molecule has 0 bridgehead atoms. The Hall–Kier alpha value is -2.42. The van der Waals surface area contributed by atoms with Crippen LogP contribution in [0.4, 0.5) is 8.78 Å². The minimum atomic E-state index is -3.42. The number of hydrogen-bond donors (Lipinski definition) is 0. The zero-order valence-corrected chi connectivity index (χ0v) is 15.9. The molecule has 0 radical (unpaired) electrons. The summed E-state index contributed by atoms with van der Waals surface area (Å²) in [6.45, 7) is 6.01. The van der Waals surface area contributed by atoms with Crippen molar-refractivity contribution in [1.82, 2.24) is 29.2 Å². The zero-order chi connectivity index (χ0) is 18.7. The lowest BCUT2D eigenvalue weighted by atomic mass is 9.93. The average molecular weight is 421 g/mol. The molecule has 0 aromatic carbocycles. The number of rotatable bonds is 2. The fourth-order valence-electron chi connectivity index (χ4n) is 2.60. The van der Waals surface area contributed by atoms with Crippen LogP contribution in [0.3, 0.4) is 0 Å². The van der Waals surface area contributed by atoms with Crippen molar-refractivity contribution < 1.29 is 8.78 Å². The van der Waals surface area contributed by atoms with Gasteiger partial charge in [-0.05, 0) is 40.2 Å². The average Bonchev–Trinajstić information content (AvgIpc) is 3.17. The Balaban J connectivity index is 1.85. The lowest BCUT2D eigenvalue weighted by Gasteiger charge is -2.14. The predicted molar refractivity (Wildman–Crippen MR) is 95.4 cm³/mol. The Labute approximate surface area is 156 Å². The van der Waals surface area contributed by atoms with E-state index in [1.54, 1.807) is 18.3 Å². The first kappa shape index (κ1) is 17.0. The molecule has 0 amide bonds. The van der Waals surface area contributed by atoms with Crippen LogP contribution >= 0.6 is 15.9 Å². The smallest absolute Gasteiger partial charge is 0.280 e. The predicted octanol–water partition coefficient (Wildman–Crippen LogP) is 3.97. The Morgan fingerprint density at radius 1 is 0.923 bits per heavy atom. The van der Waals surface area contributed by atoms with Crippen molar-refractivity contribution in [3.05, 3.63) is 58.3 Å². The van der Waals surface area contributed by atoms with Crippen molar-refractivity contribution in [2.45, 2.75) is 32.1 Å². The van der Waals surface area contributed by atoms with Crippen molar-refractivity contribution in [1.29, 1.82) is 0 Å². The first-order valence-corrected chi connectivity index (χ1v) is 8.71. The summed E-state index contributed by atoms with van der Waals surface area (Å²) < 4.78 is 33.5. The quantitative estimate of drug-likeness (QED) is 0.492. The summed E-state index contributed by atoms with van der Waals surface area (Å²) >= 11 is 3.28. The molecule has 0 aliphatic carbocycles. The van der Waals surface area contributed by atoms with Gasteiger partial charge in [-0.1, -0.05) is 20.8 Å². The van der Waals surface area contributed by atoms with Crippen LogP contribution in [0.25, 0.3) is 11.3 Å². The van der Waals surface area contributed by atoms with Crippen LogP contribution in [0.5, 0.6) is 0 Å². The minimum absolute atomic E-state index is 0.203. The van der Waals surface area contributed by atoms with Gasteiger partial charge >= 0.3 is 5.92 Å². The summed E-state index contributed by atoms with van der Waals surface area (Å²) in [4.78, 5) is 4.45. The molecular formula is C17H15BrF2N6. The van der Waals surface area contributed by atoms with E-state index in [9.17, 15) is 0 Å². The number of alkyl halides is 2. The van der Waals surface area contributed by atoms with Gasteiger partial charge in [-0.3, -0.25) is 4.40 Å². The van der Waals surface area contributed by atoms with Gasteiger partial charge in [0.15, 0.2) is 11.3 Å². The van der Waals surface area contributed by atoms with E-state index in [0.29, 0.717) is 15.8 Å². The SMILES string of the molecule is CC(C)(C)c1cn2nc(C(F)(F)c3nnc4ccc(Br)cn34)ccc2n1. The number of hydrogen-bond acceptors (Lipinski definition) is 4. The van der Waals surface area contributed by atoms with Gasteiger partial charge in [0.25, 0.3) is 0 Å². The first-order valence-electron chi connectivity index (χ1n) is 7.92. The third-order valence-electron chi connectivity index (χ3n) is 4.06. The molecule has 0 aliphatic rings. The van der Waals surface area contributed by atoms with E-state index in [2.05, 4.69) is 36.2 Å². The second-order valence-corrected chi connectivity index (χ2v) is 7.99. The summed E-state index contributed by atoms with van der Waals surface area (Å²) in [5, 5.41) is 11.6. The number of fused-ring (bicyclic) bond motifs is 2. The standard InChI is InChI=1S/C17H15BrF2N6/c1-16(2,3)12-9-26-13(21-12)7-5-11(24-26)17(19,20)15-23-22-14-6-4-10(18)8-25(14)15/h4-9H,1-3H3. The van der Waals surface area contributed by atoms with Crippen LogP contribution in [0, 0.1) is 0 Å². The third kappa shape index (κ3) is 2.66. The molecular weight excluding hydrogens is 406 g/mol. The second-order valence-electron chi connectivity index (χ2n) is 7.07. The van der Waals surface area contributed by atoms with Crippen LogP contribution in [0.1, 0.15) is 38.0 Å². The molecule has 4 aromatic heterocycles. The summed E-state index contributed by atoms with van der Waals surface area (Å²) in [7, 11) is 0. The normalized spacial score (nSPS) is 13.0. The number of pyridine rings is 1. The minimum Gasteiger partial charge on any atom is -0.280 e. The van der Waals surface area contributed by atoms with E-state index in [1.807, 2.05) is 20.8 Å². The Kier molecular flexibility index (Phi) is 3.62. The van der Waals surface area contributed by atoms with Crippen LogP contribution in [0.2, 0.25) is 0 Å². The molecule has 4 aromatic rings. The second kappa shape index (κ2) is 5.54. The molecule has 0 saturated heterocycles. The van der Waals surface area contributed by atoms with Crippen LogP contribution in [-0.4, -0.2) is 29.2 Å². The molecule has 0 N–H and O–H groups in total. The highest BCUT2D eigenvalue weighted by Gasteiger charge is 2.41. The highest BCUT2D eigenvalue weighted by Crippen LogP contribution is 2.34. The summed E-state index contributed by atoms with van der Waals surface area (Å²) in [6.07, 6.45) is 3.18. The molecule has 9 heteroatoms. The fraction of sp³-hybridized carbons (Fsp3) is 0.294. The Morgan fingerprint density at radius 2 is 1.65 bits per heavy atom. The lowest BCUT2D eigenvalue weighted by Crippen LogP contribution is -2.22. The fourth-order valence-corrected chi connectivity index (χ4v) is 2.94. The Morgan fingerprint density at radius 3 is 2.38 bits per heavy atom. The van der Waals surface area contributed by atoms with Crippen molar-refractivity contribution in [3.63, 3.8) is 0 Å². The van der Waals surface area contributed by atoms with Crippen molar-refractivity contribution in [2.75, 3.05) is 0 Å². The molecule has 0 unspecified atom stereocenters. The van der Waals surface area contributed by atoms with Crippen molar-refractivity contribution in [3.8, 4) is 0 Å². The maximum atomic E-state index is 15.1. The topological polar surface area (TPSA) is 60.4 Å². The number of nitrogens with zero attached hydrogens (tertiary/aromatic N) is 6. The molecule has 4 heterocycles. The van der Waals surface area contributed by atoms with Gasteiger partial charge in [-0.25, -0.2) is 9.50 Å². The van der Waals surface area contributed by atoms with E-state index in [0.717, 1.165) is 5.69 Å². The molecule has 26 heavy (non-hydrogen) atoms.